The number of carbonyl (C=O) groups is 1. The second kappa shape index (κ2) is 4.41. The summed E-state index contributed by atoms with van der Waals surface area (Å²) in [6, 6.07) is 0. The van der Waals surface area contributed by atoms with Crippen LogP contribution in [0.1, 0.15) is 19.3 Å². The Morgan fingerprint density at radius 1 is 1.40 bits per heavy atom. The van der Waals surface area contributed by atoms with E-state index in [1.165, 1.54) is 12.8 Å². The molecule has 1 saturated heterocycles. The summed E-state index contributed by atoms with van der Waals surface area (Å²) in [5.74, 6) is 0. The molecule has 0 unspecified atom stereocenters. The van der Waals surface area contributed by atoms with E-state index in [1.54, 1.807) is 0 Å². The van der Waals surface area contributed by atoms with Gasteiger partial charge in [-0.05, 0) is 12.8 Å². The molecular weight excluding hydrogens is 128 g/mol. The van der Waals surface area contributed by atoms with E-state index in [0.717, 1.165) is 25.9 Å². The molecule has 1 aliphatic heterocycles. The summed E-state index contributed by atoms with van der Waals surface area (Å²) in [6.07, 6.45) is 4.14. The van der Waals surface area contributed by atoms with Gasteiger partial charge in [0, 0.05) is 26.1 Å². The number of nitrogens with one attached hydrogen (secondary N) is 1. The molecule has 1 fully saturated rings. The van der Waals surface area contributed by atoms with Gasteiger partial charge in [-0.25, -0.2) is 5.01 Å². The first-order valence-corrected chi connectivity index (χ1v) is 3.85. The van der Waals surface area contributed by atoms with Crippen molar-refractivity contribution in [2.75, 3.05) is 19.6 Å². The van der Waals surface area contributed by atoms with Crippen molar-refractivity contribution in [3.05, 3.63) is 0 Å². The first kappa shape index (κ1) is 7.69. The number of rotatable bonds is 4. The molecule has 0 aromatic rings. The van der Waals surface area contributed by atoms with Crippen LogP contribution >= 0.6 is 0 Å². The predicted octanol–water partition coefficient (Wildman–Crippen LogP) is 0.176. The average Bonchev–Trinajstić information content (AvgIpc) is 2.41. The van der Waals surface area contributed by atoms with Crippen LogP contribution in [-0.4, -0.2) is 30.9 Å². The van der Waals surface area contributed by atoms with Crippen molar-refractivity contribution in [3.8, 4) is 0 Å². The fourth-order valence-electron chi connectivity index (χ4n) is 1.16. The lowest BCUT2D eigenvalue weighted by atomic mass is 10.4. The molecule has 0 spiro atoms. The standard InChI is InChI=1S/C7H14N2O/c10-7-3-4-8-9-5-1-2-6-9/h7-8H,1-6H2. The van der Waals surface area contributed by atoms with Crippen molar-refractivity contribution < 1.29 is 4.79 Å². The molecule has 10 heavy (non-hydrogen) atoms. The lowest BCUT2D eigenvalue weighted by Gasteiger charge is -2.14. The molecule has 0 aromatic heterocycles. The quantitative estimate of drug-likeness (QED) is 0.449. The Morgan fingerprint density at radius 2 is 2.10 bits per heavy atom. The molecule has 0 amide bonds. The maximum absolute atomic E-state index is 9.92. The minimum Gasteiger partial charge on any atom is -0.303 e. The first-order chi connectivity index (χ1) is 4.93. The third kappa shape index (κ3) is 2.45. The molecule has 3 heteroatoms. The molecule has 1 aliphatic rings. The van der Waals surface area contributed by atoms with E-state index in [1.807, 2.05) is 0 Å². The Hall–Kier alpha value is -0.410. The highest BCUT2D eigenvalue weighted by Crippen LogP contribution is 2.02. The van der Waals surface area contributed by atoms with E-state index >= 15 is 0 Å². The van der Waals surface area contributed by atoms with E-state index in [9.17, 15) is 4.79 Å². The van der Waals surface area contributed by atoms with Crippen molar-refractivity contribution in [2.45, 2.75) is 19.3 Å². The van der Waals surface area contributed by atoms with Gasteiger partial charge in [-0.3, -0.25) is 5.43 Å². The third-order valence-electron chi connectivity index (χ3n) is 1.70. The minimum absolute atomic E-state index is 0.622. The van der Waals surface area contributed by atoms with Crippen LogP contribution in [0, 0.1) is 0 Å². The number of hydrogen-bond acceptors (Lipinski definition) is 3. The zero-order valence-corrected chi connectivity index (χ0v) is 6.18. The van der Waals surface area contributed by atoms with E-state index in [-0.39, 0.29) is 0 Å². The molecule has 1 N–H and O–H groups in total. The third-order valence-corrected chi connectivity index (χ3v) is 1.70. The zero-order chi connectivity index (χ0) is 7.23. The highest BCUT2D eigenvalue weighted by molar-refractivity contribution is 5.49. The molecule has 0 saturated carbocycles. The van der Waals surface area contributed by atoms with Crippen LogP contribution in [-0.2, 0) is 4.79 Å². The molecular formula is C7H14N2O. The molecule has 0 atom stereocenters. The fourth-order valence-corrected chi connectivity index (χ4v) is 1.16. The van der Waals surface area contributed by atoms with Gasteiger partial charge in [-0.2, -0.15) is 0 Å². The molecule has 1 rings (SSSR count). The molecule has 1 heterocycles. The number of hydrogen-bond donors (Lipinski definition) is 1. The number of carbonyl (C=O) groups excluding carboxylic acids is 1. The Kier molecular flexibility index (Phi) is 3.40. The van der Waals surface area contributed by atoms with Gasteiger partial charge in [-0.15, -0.1) is 0 Å². The number of nitrogens with zero attached hydrogens (tertiary/aromatic N) is 1. The summed E-state index contributed by atoms with van der Waals surface area (Å²) in [6.45, 7) is 3.07. The Labute approximate surface area is 61.4 Å². The molecule has 58 valence electrons. The van der Waals surface area contributed by atoms with Crippen molar-refractivity contribution in [2.24, 2.45) is 0 Å². The molecule has 0 bridgehead atoms. The topological polar surface area (TPSA) is 32.3 Å². The first-order valence-electron chi connectivity index (χ1n) is 3.85. The van der Waals surface area contributed by atoms with E-state index < -0.39 is 0 Å². The number of hydrazine groups is 1. The summed E-state index contributed by atoms with van der Waals surface area (Å²) in [5, 5.41) is 2.18. The second-order valence-electron chi connectivity index (χ2n) is 2.56. The van der Waals surface area contributed by atoms with Crippen molar-refractivity contribution >= 4 is 6.29 Å². The van der Waals surface area contributed by atoms with E-state index in [4.69, 9.17) is 0 Å². The summed E-state index contributed by atoms with van der Waals surface area (Å²) < 4.78 is 0. The lowest BCUT2D eigenvalue weighted by molar-refractivity contribution is -0.107. The van der Waals surface area contributed by atoms with Gasteiger partial charge in [0.25, 0.3) is 0 Å². The summed E-state index contributed by atoms with van der Waals surface area (Å²) in [5.41, 5.74) is 3.18. The smallest absolute Gasteiger partial charge is 0.121 e. The summed E-state index contributed by atoms with van der Waals surface area (Å²) in [7, 11) is 0. The van der Waals surface area contributed by atoms with Crippen LogP contribution in [0.25, 0.3) is 0 Å². The van der Waals surface area contributed by atoms with Gasteiger partial charge < -0.3 is 4.79 Å². The summed E-state index contributed by atoms with van der Waals surface area (Å²) >= 11 is 0. The molecule has 0 aromatic carbocycles. The predicted molar refractivity (Wildman–Crippen MR) is 39.5 cm³/mol. The van der Waals surface area contributed by atoms with Gasteiger partial charge in [0.2, 0.25) is 0 Å². The maximum Gasteiger partial charge on any atom is 0.121 e. The highest BCUT2D eigenvalue weighted by Gasteiger charge is 2.08. The fraction of sp³-hybridized carbons (Fsp3) is 0.857. The second-order valence-corrected chi connectivity index (χ2v) is 2.56. The normalized spacial score (nSPS) is 19.6. The monoisotopic (exact) mass is 142 g/mol. The Bertz CT molecular complexity index is 99.8. The van der Waals surface area contributed by atoms with Crippen LogP contribution in [0.5, 0.6) is 0 Å². The van der Waals surface area contributed by atoms with E-state index in [0.29, 0.717) is 6.42 Å². The SMILES string of the molecule is O=CCCNN1CCCC1. The minimum atomic E-state index is 0.622. The number of aldehydes is 1. The highest BCUT2D eigenvalue weighted by atomic mass is 16.1. The maximum atomic E-state index is 9.92. The zero-order valence-electron chi connectivity index (χ0n) is 6.18. The van der Waals surface area contributed by atoms with Crippen LogP contribution in [0.3, 0.4) is 0 Å². The van der Waals surface area contributed by atoms with Gasteiger partial charge in [0.15, 0.2) is 0 Å². The average molecular weight is 142 g/mol. The van der Waals surface area contributed by atoms with Crippen LogP contribution in [0.15, 0.2) is 0 Å². The van der Waals surface area contributed by atoms with Gasteiger partial charge in [0.05, 0.1) is 0 Å². The lowest BCUT2D eigenvalue weighted by Crippen LogP contribution is -2.35. The molecule has 0 aliphatic carbocycles. The largest absolute Gasteiger partial charge is 0.303 e. The van der Waals surface area contributed by atoms with Gasteiger partial charge in [-0.1, -0.05) is 0 Å². The van der Waals surface area contributed by atoms with Crippen molar-refractivity contribution in [1.82, 2.24) is 10.4 Å². The van der Waals surface area contributed by atoms with Gasteiger partial charge >= 0.3 is 0 Å². The van der Waals surface area contributed by atoms with E-state index in [2.05, 4.69) is 10.4 Å². The summed E-state index contributed by atoms with van der Waals surface area (Å²) in [4.78, 5) is 9.92. The molecule has 3 nitrogen and oxygen atoms in total. The van der Waals surface area contributed by atoms with Crippen molar-refractivity contribution in [1.29, 1.82) is 0 Å². The van der Waals surface area contributed by atoms with Gasteiger partial charge in [0.1, 0.15) is 6.29 Å². The Balaban J connectivity index is 1.96. The van der Waals surface area contributed by atoms with Crippen LogP contribution < -0.4 is 5.43 Å². The van der Waals surface area contributed by atoms with Crippen molar-refractivity contribution in [3.63, 3.8) is 0 Å². The van der Waals surface area contributed by atoms with Crippen LogP contribution in [0.4, 0.5) is 0 Å². The Morgan fingerprint density at radius 3 is 2.70 bits per heavy atom. The van der Waals surface area contributed by atoms with Crippen LogP contribution in [0.2, 0.25) is 0 Å². The molecule has 0 radical (unpaired) electrons.